The molecule has 1 heterocycles. The molecule has 0 bridgehead atoms. The first-order valence-corrected chi connectivity index (χ1v) is 5.99. The van der Waals surface area contributed by atoms with Gasteiger partial charge in [-0.15, -0.1) is 11.8 Å². The number of hydrogen-bond donors (Lipinski definition) is 0. The lowest BCUT2D eigenvalue weighted by atomic mass is 10.2. The molecule has 2 rings (SSSR count). The van der Waals surface area contributed by atoms with Crippen molar-refractivity contribution in [3.05, 3.63) is 29.8 Å². The first-order valence-electron chi connectivity index (χ1n) is 4.94. The summed E-state index contributed by atoms with van der Waals surface area (Å²) in [7, 11) is 0. The Kier molecular flexibility index (Phi) is 3.15. The van der Waals surface area contributed by atoms with Gasteiger partial charge in [0.2, 0.25) is 11.8 Å². The molecule has 1 atom stereocenters. The highest BCUT2D eigenvalue weighted by atomic mass is 32.2. The third kappa shape index (κ3) is 2.17. The smallest absolute Gasteiger partial charge is 0.246 e. The van der Waals surface area contributed by atoms with Crippen molar-refractivity contribution in [2.45, 2.75) is 12.2 Å². The topological polar surface area (TPSA) is 37.4 Å². The average Bonchev–Trinajstić information content (AvgIpc) is 2.27. The Morgan fingerprint density at radius 1 is 1.35 bits per heavy atom. The second-order valence-corrected chi connectivity index (χ2v) is 4.95. The molecule has 0 spiro atoms. The lowest BCUT2D eigenvalue weighted by Crippen LogP contribution is -2.47. The molecule has 1 aliphatic heterocycles. The number of halogens is 2. The first-order chi connectivity index (χ1) is 8.00. The van der Waals surface area contributed by atoms with Crippen LogP contribution < -0.4 is 4.90 Å². The van der Waals surface area contributed by atoms with Gasteiger partial charge in [0.1, 0.15) is 11.6 Å². The van der Waals surface area contributed by atoms with Crippen molar-refractivity contribution >= 4 is 29.3 Å². The van der Waals surface area contributed by atoms with Gasteiger partial charge in [-0.1, -0.05) is 0 Å². The molecule has 1 aromatic rings. The molecule has 1 aromatic carbocycles. The van der Waals surface area contributed by atoms with Crippen LogP contribution in [0.1, 0.15) is 6.92 Å². The van der Waals surface area contributed by atoms with Crippen LogP contribution >= 0.6 is 11.8 Å². The second-order valence-electron chi connectivity index (χ2n) is 3.62. The van der Waals surface area contributed by atoms with Crippen LogP contribution in [0.15, 0.2) is 18.2 Å². The molecular formula is C11H9F2NO2S. The van der Waals surface area contributed by atoms with E-state index in [9.17, 15) is 18.4 Å². The number of nitrogens with zero attached hydrogens (tertiary/aromatic N) is 1. The average molecular weight is 257 g/mol. The molecule has 2 amide bonds. The summed E-state index contributed by atoms with van der Waals surface area (Å²) < 4.78 is 26.3. The Morgan fingerprint density at radius 2 is 2.06 bits per heavy atom. The lowest BCUT2D eigenvalue weighted by molar-refractivity contribution is -0.125. The van der Waals surface area contributed by atoms with Gasteiger partial charge in [0.05, 0.1) is 16.7 Å². The number of rotatable bonds is 1. The normalized spacial score (nSPS) is 20.9. The van der Waals surface area contributed by atoms with Crippen LogP contribution in [0.5, 0.6) is 0 Å². The molecule has 1 aliphatic rings. The van der Waals surface area contributed by atoms with E-state index in [1.54, 1.807) is 6.92 Å². The fraction of sp³-hybridized carbons (Fsp3) is 0.273. The molecule has 0 aromatic heterocycles. The van der Waals surface area contributed by atoms with Crippen LogP contribution in [-0.2, 0) is 9.59 Å². The summed E-state index contributed by atoms with van der Waals surface area (Å²) in [6, 6.07) is 2.77. The Bertz CT molecular complexity index is 492. The predicted molar refractivity (Wildman–Crippen MR) is 60.8 cm³/mol. The van der Waals surface area contributed by atoms with E-state index in [1.165, 1.54) is 11.8 Å². The molecule has 17 heavy (non-hydrogen) atoms. The minimum absolute atomic E-state index is 0.115. The number of imide groups is 1. The van der Waals surface area contributed by atoms with Crippen LogP contribution in [0.2, 0.25) is 0 Å². The Morgan fingerprint density at radius 3 is 2.71 bits per heavy atom. The monoisotopic (exact) mass is 257 g/mol. The molecule has 6 heteroatoms. The summed E-state index contributed by atoms with van der Waals surface area (Å²) in [4.78, 5) is 24.2. The third-order valence-corrected chi connectivity index (χ3v) is 3.54. The molecule has 0 radical (unpaired) electrons. The third-order valence-electron chi connectivity index (χ3n) is 2.42. The minimum atomic E-state index is -0.911. The van der Waals surface area contributed by atoms with E-state index in [0.717, 1.165) is 17.0 Å². The largest absolute Gasteiger partial charge is 0.273 e. The van der Waals surface area contributed by atoms with Crippen molar-refractivity contribution in [3.63, 3.8) is 0 Å². The Hall–Kier alpha value is -1.43. The lowest BCUT2D eigenvalue weighted by Gasteiger charge is -2.28. The van der Waals surface area contributed by atoms with Crippen LogP contribution in [0.3, 0.4) is 0 Å². The van der Waals surface area contributed by atoms with Crippen LogP contribution in [0.4, 0.5) is 14.5 Å². The second kappa shape index (κ2) is 4.44. The van der Waals surface area contributed by atoms with Crippen molar-refractivity contribution < 1.29 is 18.4 Å². The van der Waals surface area contributed by atoms with E-state index in [1.807, 2.05) is 0 Å². The summed E-state index contributed by atoms with van der Waals surface area (Å²) >= 11 is 1.20. The molecule has 1 unspecified atom stereocenters. The fourth-order valence-corrected chi connectivity index (χ4v) is 2.32. The van der Waals surface area contributed by atoms with Crippen molar-refractivity contribution in [2.75, 3.05) is 10.7 Å². The van der Waals surface area contributed by atoms with Gasteiger partial charge in [0.25, 0.3) is 0 Å². The van der Waals surface area contributed by atoms with Gasteiger partial charge < -0.3 is 0 Å². The van der Waals surface area contributed by atoms with E-state index in [0.29, 0.717) is 6.07 Å². The Labute approximate surface area is 101 Å². The number of amides is 2. The van der Waals surface area contributed by atoms with Gasteiger partial charge in [0, 0.05) is 6.07 Å². The molecule has 0 saturated carbocycles. The molecule has 1 saturated heterocycles. The zero-order valence-corrected chi connectivity index (χ0v) is 9.76. The number of benzene rings is 1. The predicted octanol–water partition coefficient (Wildman–Crippen LogP) is 1.96. The summed E-state index contributed by atoms with van der Waals surface area (Å²) in [6.07, 6.45) is 0. The molecule has 1 fully saturated rings. The van der Waals surface area contributed by atoms with Crippen molar-refractivity contribution in [3.8, 4) is 0 Å². The van der Waals surface area contributed by atoms with Gasteiger partial charge in [0.15, 0.2) is 0 Å². The van der Waals surface area contributed by atoms with E-state index >= 15 is 0 Å². The zero-order valence-electron chi connectivity index (χ0n) is 8.94. The van der Waals surface area contributed by atoms with E-state index in [2.05, 4.69) is 0 Å². The maximum absolute atomic E-state index is 13.5. The molecule has 3 nitrogen and oxygen atoms in total. The number of thioether (sulfide) groups is 1. The SMILES string of the molecule is CC1SCC(=O)N(c2ccc(F)cc2F)C1=O. The highest BCUT2D eigenvalue weighted by molar-refractivity contribution is 8.01. The van der Waals surface area contributed by atoms with Crippen LogP contribution in [0, 0.1) is 11.6 Å². The van der Waals surface area contributed by atoms with Gasteiger partial charge in [-0.3, -0.25) is 9.59 Å². The maximum atomic E-state index is 13.5. The van der Waals surface area contributed by atoms with E-state index in [4.69, 9.17) is 0 Å². The fourth-order valence-electron chi connectivity index (χ4n) is 1.55. The quantitative estimate of drug-likeness (QED) is 0.722. The highest BCUT2D eigenvalue weighted by Gasteiger charge is 2.34. The highest BCUT2D eigenvalue weighted by Crippen LogP contribution is 2.28. The number of carbonyl (C=O) groups is 2. The maximum Gasteiger partial charge on any atom is 0.246 e. The standard InChI is InChI=1S/C11H9F2NO2S/c1-6-11(16)14(10(15)5-17-6)9-3-2-7(12)4-8(9)13/h2-4,6H,5H2,1H3. The van der Waals surface area contributed by atoms with E-state index < -0.39 is 28.7 Å². The van der Waals surface area contributed by atoms with Gasteiger partial charge in [-0.25, -0.2) is 13.7 Å². The molecule has 0 aliphatic carbocycles. The van der Waals surface area contributed by atoms with Crippen molar-refractivity contribution in [1.82, 2.24) is 0 Å². The Balaban J connectivity index is 2.43. The summed E-state index contributed by atoms with van der Waals surface area (Å²) in [5.41, 5.74) is -0.187. The molecule has 90 valence electrons. The summed E-state index contributed by atoms with van der Waals surface area (Å²) in [5.74, 6) is -2.50. The zero-order chi connectivity index (χ0) is 12.6. The van der Waals surface area contributed by atoms with Gasteiger partial charge >= 0.3 is 0 Å². The minimum Gasteiger partial charge on any atom is -0.273 e. The van der Waals surface area contributed by atoms with Gasteiger partial charge in [-0.2, -0.15) is 0 Å². The van der Waals surface area contributed by atoms with Crippen LogP contribution in [0.25, 0.3) is 0 Å². The summed E-state index contributed by atoms with van der Waals surface area (Å²) in [5, 5.41) is -0.405. The van der Waals surface area contributed by atoms with Crippen molar-refractivity contribution in [1.29, 1.82) is 0 Å². The molecular weight excluding hydrogens is 248 g/mol. The summed E-state index contributed by atoms with van der Waals surface area (Å²) in [6.45, 7) is 1.65. The number of hydrogen-bond acceptors (Lipinski definition) is 3. The van der Waals surface area contributed by atoms with E-state index in [-0.39, 0.29) is 11.4 Å². The number of anilines is 1. The van der Waals surface area contributed by atoms with Gasteiger partial charge in [-0.05, 0) is 19.1 Å². The first kappa shape index (κ1) is 12.0. The van der Waals surface area contributed by atoms with Crippen molar-refractivity contribution in [2.24, 2.45) is 0 Å². The number of carbonyl (C=O) groups excluding carboxylic acids is 2. The molecule has 0 N–H and O–H groups in total. The van der Waals surface area contributed by atoms with Crippen LogP contribution in [-0.4, -0.2) is 22.8 Å².